The molecule has 2 aliphatic rings. The highest BCUT2D eigenvalue weighted by Crippen LogP contribution is 2.36. The van der Waals surface area contributed by atoms with Crippen molar-refractivity contribution >= 4 is 5.97 Å². The molecule has 0 aliphatic carbocycles. The van der Waals surface area contributed by atoms with Crippen LogP contribution in [-0.2, 0) is 38.0 Å². The van der Waals surface area contributed by atoms with E-state index in [2.05, 4.69) is 0 Å². The number of fused-ring (bicyclic) bond motifs is 1. The van der Waals surface area contributed by atoms with Crippen LogP contribution in [0.3, 0.4) is 0 Å². The summed E-state index contributed by atoms with van der Waals surface area (Å²) in [5.74, 6) is -0.458. The zero-order valence-electron chi connectivity index (χ0n) is 15.7. The fraction of sp³-hybridized carbons (Fsp3) is 0.632. The Morgan fingerprint density at radius 1 is 1.19 bits per heavy atom. The van der Waals surface area contributed by atoms with Gasteiger partial charge >= 0.3 is 5.97 Å². The van der Waals surface area contributed by atoms with Crippen LogP contribution in [0.2, 0.25) is 0 Å². The molecule has 2 aliphatic heterocycles. The van der Waals surface area contributed by atoms with Crippen LogP contribution in [0.1, 0.15) is 25.7 Å². The van der Waals surface area contributed by atoms with E-state index in [-0.39, 0.29) is 6.79 Å². The Kier molecular flexibility index (Phi) is 7.17. The van der Waals surface area contributed by atoms with Gasteiger partial charge in [-0.2, -0.15) is 0 Å². The number of carbonyl (C=O) groups is 1. The smallest absolute Gasteiger partial charge is 0.303 e. The minimum absolute atomic E-state index is 0.0405. The van der Waals surface area contributed by atoms with Gasteiger partial charge in [-0.1, -0.05) is 30.3 Å². The molecule has 0 bridgehead atoms. The van der Waals surface area contributed by atoms with E-state index in [4.69, 9.17) is 33.2 Å². The Bertz CT molecular complexity index is 595. The lowest BCUT2D eigenvalue weighted by Crippen LogP contribution is -2.63. The molecule has 0 amide bonds. The molecule has 2 saturated heterocycles. The quantitative estimate of drug-likeness (QED) is 0.401. The molecule has 8 nitrogen and oxygen atoms in total. The normalized spacial score (nSPS) is 33.3. The summed E-state index contributed by atoms with van der Waals surface area (Å²) in [6.07, 6.45) is -3.70. The van der Waals surface area contributed by atoms with Crippen LogP contribution < -0.4 is 0 Å². The zero-order chi connectivity index (χ0) is 19.2. The third-order valence-corrected chi connectivity index (χ3v) is 4.44. The molecule has 3 rings (SSSR count). The first-order valence-electron chi connectivity index (χ1n) is 9.00. The second-order valence-corrected chi connectivity index (χ2v) is 6.27. The second-order valence-electron chi connectivity index (χ2n) is 6.27. The minimum Gasteiger partial charge on any atom is -0.454 e. The Labute approximate surface area is 158 Å². The van der Waals surface area contributed by atoms with Crippen molar-refractivity contribution in [2.45, 2.75) is 50.8 Å². The lowest BCUT2D eigenvalue weighted by atomic mass is 9.97. The molecule has 27 heavy (non-hydrogen) atoms. The maximum absolute atomic E-state index is 11.6. The number of carbonyl (C=O) groups excluding carboxylic acids is 1. The van der Waals surface area contributed by atoms with Crippen molar-refractivity contribution in [3.63, 3.8) is 0 Å². The molecule has 6 atom stereocenters. The second kappa shape index (κ2) is 9.59. The number of methoxy groups -OCH3 is 1. The van der Waals surface area contributed by atoms with E-state index in [9.17, 15) is 4.79 Å². The first-order chi connectivity index (χ1) is 13.1. The molecule has 0 radical (unpaired) electrons. The van der Waals surface area contributed by atoms with Gasteiger partial charge in [0.15, 0.2) is 18.7 Å². The minimum atomic E-state index is -0.790. The standard InChI is InChI=1S/C19H26O8/c1-4-22-11-24-16-15-14(26-19(21-3)17(16)25-12(2)20)10-23-18(27-15)13-8-6-5-7-9-13/h5-9,14-19H,4,10-11H2,1-3H3/t14-,15-,16+,17-,18-,19-/m1/s1. The van der Waals surface area contributed by atoms with Gasteiger partial charge in [-0.3, -0.25) is 4.79 Å². The average Bonchev–Trinajstić information content (AvgIpc) is 2.69. The summed E-state index contributed by atoms with van der Waals surface area (Å²) in [6.45, 7) is 4.04. The van der Waals surface area contributed by atoms with Crippen LogP contribution in [-0.4, -0.2) is 63.8 Å². The summed E-state index contributed by atoms with van der Waals surface area (Å²) in [6, 6.07) is 9.60. The fourth-order valence-electron chi connectivity index (χ4n) is 3.23. The molecule has 0 saturated carbocycles. The Morgan fingerprint density at radius 3 is 2.63 bits per heavy atom. The molecular formula is C19H26O8. The highest BCUT2D eigenvalue weighted by atomic mass is 16.8. The molecule has 2 fully saturated rings. The number of rotatable bonds is 7. The summed E-state index contributed by atoms with van der Waals surface area (Å²) < 4.78 is 39.9. The van der Waals surface area contributed by atoms with Gasteiger partial charge in [-0.25, -0.2) is 0 Å². The SMILES string of the molecule is CCOCO[C@@H]1[C@@H](OC(C)=O)[C@H](OC)O[C@@H]2CO[C@@H](c3ccccc3)O[C@@H]12. The average molecular weight is 382 g/mol. The van der Waals surface area contributed by atoms with Crippen LogP contribution in [0.15, 0.2) is 30.3 Å². The lowest BCUT2D eigenvalue weighted by molar-refractivity contribution is -0.367. The summed E-state index contributed by atoms with van der Waals surface area (Å²) in [5.41, 5.74) is 0.886. The predicted molar refractivity (Wildman–Crippen MR) is 92.6 cm³/mol. The van der Waals surface area contributed by atoms with Crippen LogP contribution in [0.5, 0.6) is 0 Å². The van der Waals surface area contributed by atoms with E-state index in [1.54, 1.807) is 0 Å². The third-order valence-electron chi connectivity index (χ3n) is 4.44. The lowest BCUT2D eigenvalue weighted by Gasteiger charge is -2.48. The van der Waals surface area contributed by atoms with Crippen molar-refractivity contribution in [2.75, 3.05) is 27.1 Å². The maximum Gasteiger partial charge on any atom is 0.303 e. The number of hydrogen-bond donors (Lipinski definition) is 0. The molecule has 0 aromatic heterocycles. The van der Waals surface area contributed by atoms with Crippen LogP contribution >= 0.6 is 0 Å². The Hall–Kier alpha value is -1.55. The highest BCUT2D eigenvalue weighted by Gasteiger charge is 2.52. The van der Waals surface area contributed by atoms with Crippen LogP contribution in [0.4, 0.5) is 0 Å². The van der Waals surface area contributed by atoms with E-state index in [1.807, 2.05) is 37.3 Å². The molecule has 0 spiro atoms. The van der Waals surface area contributed by atoms with Crippen LogP contribution in [0.25, 0.3) is 0 Å². The predicted octanol–water partition coefficient (Wildman–Crippen LogP) is 1.78. The topological polar surface area (TPSA) is 81.7 Å². The number of hydrogen-bond acceptors (Lipinski definition) is 8. The van der Waals surface area contributed by atoms with Gasteiger partial charge in [0.05, 0.1) is 6.61 Å². The molecule has 2 heterocycles. The molecule has 0 unspecified atom stereocenters. The number of esters is 1. The number of ether oxygens (including phenoxy) is 7. The van der Waals surface area contributed by atoms with Crippen molar-refractivity contribution in [1.29, 1.82) is 0 Å². The zero-order valence-corrected chi connectivity index (χ0v) is 15.7. The third kappa shape index (κ3) is 4.84. The molecule has 0 N–H and O–H groups in total. The Balaban J connectivity index is 1.81. The molecule has 1 aromatic carbocycles. The maximum atomic E-state index is 11.6. The first-order valence-corrected chi connectivity index (χ1v) is 9.00. The molecule has 1 aromatic rings. The molecule has 150 valence electrons. The molecular weight excluding hydrogens is 356 g/mol. The summed E-state index contributed by atoms with van der Waals surface area (Å²) in [5, 5.41) is 0. The summed E-state index contributed by atoms with van der Waals surface area (Å²) in [7, 11) is 1.48. The van der Waals surface area contributed by atoms with Crippen molar-refractivity contribution in [1.82, 2.24) is 0 Å². The Morgan fingerprint density at radius 2 is 1.96 bits per heavy atom. The van der Waals surface area contributed by atoms with Crippen molar-refractivity contribution in [2.24, 2.45) is 0 Å². The van der Waals surface area contributed by atoms with E-state index in [1.165, 1.54) is 14.0 Å². The first kappa shape index (κ1) is 20.2. The highest BCUT2D eigenvalue weighted by molar-refractivity contribution is 5.66. The monoisotopic (exact) mass is 382 g/mol. The summed E-state index contributed by atoms with van der Waals surface area (Å²) in [4.78, 5) is 11.6. The van der Waals surface area contributed by atoms with E-state index in [0.717, 1.165) is 5.56 Å². The van der Waals surface area contributed by atoms with Gasteiger partial charge in [0.25, 0.3) is 0 Å². The van der Waals surface area contributed by atoms with Gasteiger partial charge in [0.2, 0.25) is 0 Å². The van der Waals surface area contributed by atoms with Gasteiger partial charge < -0.3 is 33.2 Å². The van der Waals surface area contributed by atoms with Gasteiger partial charge in [-0.05, 0) is 6.92 Å². The van der Waals surface area contributed by atoms with Gasteiger partial charge in [0, 0.05) is 26.2 Å². The van der Waals surface area contributed by atoms with E-state index >= 15 is 0 Å². The van der Waals surface area contributed by atoms with E-state index in [0.29, 0.717) is 13.2 Å². The van der Waals surface area contributed by atoms with Crippen molar-refractivity contribution < 1.29 is 38.0 Å². The summed E-state index contributed by atoms with van der Waals surface area (Å²) >= 11 is 0. The van der Waals surface area contributed by atoms with Crippen molar-refractivity contribution in [3.05, 3.63) is 35.9 Å². The van der Waals surface area contributed by atoms with Crippen LogP contribution in [0, 0.1) is 0 Å². The largest absolute Gasteiger partial charge is 0.454 e. The van der Waals surface area contributed by atoms with Gasteiger partial charge in [0.1, 0.15) is 25.1 Å². The van der Waals surface area contributed by atoms with E-state index < -0.39 is 43.0 Å². The van der Waals surface area contributed by atoms with Gasteiger partial charge in [-0.15, -0.1) is 0 Å². The number of benzene rings is 1. The fourth-order valence-corrected chi connectivity index (χ4v) is 3.23. The molecule has 8 heteroatoms. The van der Waals surface area contributed by atoms with Crippen molar-refractivity contribution in [3.8, 4) is 0 Å².